The average Bonchev–Trinajstić information content (AvgIpc) is 2.48. The summed E-state index contributed by atoms with van der Waals surface area (Å²) in [7, 11) is 0. The standard InChI is InChI=1S/C18H18F2O/c19-15-7-4-8-16(20)17(15)18(21)11-9-14(10-12-18)13-5-2-1-3-6-13/h1-8,14,21H,9-12H2. The number of rotatable bonds is 2. The first-order valence-electron chi connectivity index (χ1n) is 7.32. The normalized spacial score (nSPS) is 25.8. The predicted molar refractivity (Wildman–Crippen MR) is 77.9 cm³/mol. The summed E-state index contributed by atoms with van der Waals surface area (Å²) in [6.45, 7) is 0. The van der Waals surface area contributed by atoms with Crippen LogP contribution in [0.2, 0.25) is 0 Å². The van der Waals surface area contributed by atoms with Gasteiger partial charge in [0.25, 0.3) is 0 Å². The molecule has 0 atom stereocenters. The summed E-state index contributed by atoms with van der Waals surface area (Å²) in [5.74, 6) is -0.965. The molecule has 1 saturated carbocycles. The molecular formula is C18H18F2O. The van der Waals surface area contributed by atoms with E-state index in [9.17, 15) is 13.9 Å². The fourth-order valence-corrected chi connectivity index (χ4v) is 3.35. The van der Waals surface area contributed by atoms with Crippen LogP contribution in [0, 0.1) is 11.6 Å². The van der Waals surface area contributed by atoms with Gasteiger partial charge in [-0.05, 0) is 49.3 Å². The Balaban J connectivity index is 1.81. The average molecular weight is 288 g/mol. The number of hydrogen-bond donors (Lipinski definition) is 1. The molecular weight excluding hydrogens is 270 g/mol. The summed E-state index contributed by atoms with van der Waals surface area (Å²) in [5.41, 5.74) is -0.328. The molecule has 0 radical (unpaired) electrons. The minimum absolute atomic E-state index is 0.170. The lowest BCUT2D eigenvalue weighted by atomic mass is 9.73. The van der Waals surface area contributed by atoms with E-state index < -0.39 is 17.2 Å². The molecule has 0 saturated heterocycles. The summed E-state index contributed by atoms with van der Waals surface area (Å²) in [4.78, 5) is 0. The van der Waals surface area contributed by atoms with Gasteiger partial charge in [0.2, 0.25) is 0 Å². The third-order valence-electron chi connectivity index (χ3n) is 4.51. The van der Waals surface area contributed by atoms with Crippen LogP contribution < -0.4 is 0 Å². The Kier molecular flexibility index (Phi) is 3.77. The number of hydrogen-bond acceptors (Lipinski definition) is 1. The van der Waals surface area contributed by atoms with E-state index in [2.05, 4.69) is 12.1 Å². The summed E-state index contributed by atoms with van der Waals surface area (Å²) in [6.07, 6.45) is 2.22. The van der Waals surface area contributed by atoms with E-state index in [0.29, 0.717) is 18.8 Å². The molecule has 1 nitrogen and oxygen atoms in total. The quantitative estimate of drug-likeness (QED) is 0.862. The van der Waals surface area contributed by atoms with Crippen molar-refractivity contribution in [3.8, 4) is 0 Å². The Morgan fingerprint density at radius 1 is 0.857 bits per heavy atom. The van der Waals surface area contributed by atoms with E-state index in [4.69, 9.17) is 0 Å². The van der Waals surface area contributed by atoms with Crippen molar-refractivity contribution in [2.75, 3.05) is 0 Å². The van der Waals surface area contributed by atoms with Crippen LogP contribution in [0.5, 0.6) is 0 Å². The van der Waals surface area contributed by atoms with Crippen LogP contribution in [0.4, 0.5) is 8.78 Å². The first-order chi connectivity index (χ1) is 10.1. The van der Waals surface area contributed by atoms with Crippen LogP contribution in [0.3, 0.4) is 0 Å². The Morgan fingerprint density at radius 2 is 1.43 bits per heavy atom. The van der Waals surface area contributed by atoms with Crippen LogP contribution in [-0.4, -0.2) is 5.11 Å². The van der Waals surface area contributed by atoms with Gasteiger partial charge in [-0.15, -0.1) is 0 Å². The monoisotopic (exact) mass is 288 g/mol. The zero-order valence-corrected chi connectivity index (χ0v) is 11.7. The third kappa shape index (κ3) is 2.70. The van der Waals surface area contributed by atoms with Crippen molar-refractivity contribution in [1.29, 1.82) is 0 Å². The van der Waals surface area contributed by atoms with Gasteiger partial charge in [0.15, 0.2) is 0 Å². The molecule has 110 valence electrons. The largest absolute Gasteiger partial charge is 0.385 e. The van der Waals surface area contributed by atoms with Gasteiger partial charge in [-0.2, -0.15) is 0 Å². The molecule has 2 aromatic carbocycles. The SMILES string of the molecule is OC1(c2c(F)cccc2F)CCC(c2ccccc2)CC1. The molecule has 3 rings (SSSR count). The van der Waals surface area contributed by atoms with E-state index >= 15 is 0 Å². The second-order valence-corrected chi connectivity index (χ2v) is 5.81. The van der Waals surface area contributed by atoms with Crippen LogP contribution in [-0.2, 0) is 5.60 Å². The van der Waals surface area contributed by atoms with Gasteiger partial charge in [0, 0.05) is 0 Å². The second-order valence-electron chi connectivity index (χ2n) is 5.81. The van der Waals surface area contributed by atoms with Gasteiger partial charge in [0.05, 0.1) is 11.2 Å². The highest BCUT2D eigenvalue weighted by Gasteiger charge is 2.39. The Labute approximate surface area is 123 Å². The maximum atomic E-state index is 13.9. The highest BCUT2D eigenvalue weighted by Crippen LogP contribution is 2.44. The van der Waals surface area contributed by atoms with Crippen LogP contribution in [0.25, 0.3) is 0 Å². The van der Waals surface area contributed by atoms with Crippen molar-refractivity contribution in [3.63, 3.8) is 0 Å². The lowest BCUT2D eigenvalue weighted by Gasteiger charge is -2.37. The molecule has 3 heteroatoms. The van der Waals surface area contributed by atoms with Gasteiger partial charge in [-0.1, -0.05) is 36.4 Å². The molecule has 0 bridgehead atoms. The van der Waals surface area contributed by atoms with Crippen molar-refractivity contribution in [3.05, 3.63) is 71.3 Å². The smallest absolute Gasteiger partial charge is 0.132 e. The van der Waals surface area contributed by atoms with Crippen molar-refractivity contribution in [2.24, 2.45) is 0 Å². The van der Waals surface area contributed by atoms with Crippen molar-refractivity contribution in [2.45, 2.75) is 37.2 Å². The second kappa shape index (κ2) is 5.57. The highest BCUT2D eigenvalue weighted by molar-refractivity contribution is 5.28. The van der Waals surface area contributed by atoms with Crippen molar-refractivity contribution in [1.82, 2.24) is 0 Å². The third-order valence-corrected chi connectivity index (χ3v) is 4.51. The Hall–Kier alpha value is -1.74. The minimum atomic E-state index is -1.39. The molecule has 0 spiro atoms. The first-order valence-corrected chi connectivity index (χ1v) is 7.32. The van der Waals surface area contributed by atoms with Gasteiger partial charge in [-0.25, -0.2) is 8.78 Å². The van der Waals surface area contributed by atoms with E-state index in [1.165, 1.54) is 23.8 Å². The first kappa shape index (κ1) is 14.2. The van der Waals surface area contributed by atoms with Crippen LogP contribution in [0.1, 0.15) is 42.7 Å². The zero-order chi connectivity index (χ0) is 14.9. The van der Waals surface area contributed by atoms with E-state index in [1.807, 2.05) is 18.2 Å². The fourth-order valence-electron chi connectivity index (χ4n) is 3.35. The summed E-state index contributed by atoms with van der Waals surface area (Å²) in [5, 5.41) is 10.7. The Morgan fingerprint density at radius 3 is 2.00 bits per heavy atom. The molecule has 0 heterocycles. The van der Waals surface area contributed by atoms with Crippen LogP contribution >= 0.6 is 0 Å². The Bertz CT molecular complexity index is 596. The maximum absolute atomic E-state index is 13.9. The van der Waals surface area contributed by atoms with Crippen molar-refractivity contribution >= 4 is 0 Å². The fraction of sp³-hybridized carbons (Fsp3) is 0.333. The topological polar surface area (TPSA) is 20.2 Å². The molecule has 0 amide bonds. The predicted octanol–water partition coefficient (Wildman–Crippen LogP) is 4.51. The van der Waals surface area contributed by atoms with Gasteiger partial charge < -0.3 is 5.11 Å². The lowest BCUT2D eigenvalue weighted by Crippen LogP contribution is -2.33. The molecule has 1 fully saturated rings. The zero-order valence-electron chi connectivity index (χ0n) is 11.7. The molecule has 1 aliphatic rings. The summed E-state index contributed by atoms with van der Waals surface area (Å²) in [6, 6.07) is 13.8. The summed E-state index contributed by atoms with van der Waals surface area (Å²) < 4.78 is 27.8. The van der Waals surface area contributed by atoms with Crippen LogP contribution in [0.15, 0.2) is 48.5 Å². The molecule has 0 aromatic heterocycles. The van der Waals surface area contributed by atoms with E-state index in [1.54, 1.807) is 0 Å². The molecule has 21 heavy (non-hydrogen) atoms. The molecule has 1 N–H and O–H groups in total. The molecule has 0 aliphatic heterocycles. The number of halogens is 2. The van der Waals surface area contributed by atoms with Crippen molar-refractivity contribution < 1.29 is 13.9 Å². The number of benzene rings is 2. The number of aliphatic hydroxyl groups is 1. The van der Waals surface area contributed by atoms with Gasteiger partial charge in [-0.3, -0.25) is 0 Å². The summed E-state index contributed by atoms with van der Waals surface area (Å²) >= 11 is 0. The van der Waals surface area contributed by atoms with E-state index in [0.717, 1.165) is 12.8 Å². The lowest BCUT2D eigenvalue weighted by molar-refractivity contribution is -0.0119. The van der Waals surface area contributed by atoms with Gasteiger partial charge in [0.1, 0.15) is 11.6 Å². The minimum Gasteiger partial charge on any atom is -0.385 e. The van der Waals surface area contributed by atoms with E-state index in [-0.39, 0.29) is 5.56 Å². The molecule has 0 unspecified atom stereocenters. The molecule has 2 aromatic rings. The molecule has 1 aliphatic carbocycles. The maximum Gasteiger partial charge on any atom is 0.132 e. The highest BCUT2D eigenvalue weighted by atomic mass is 19.1. The van der Waals surface area contributed by atoms with Gasteiger partial charge >= 0.3 is 0 Å².